The second-order valence-corrected chi connectivity index (χ2v) is 11.6. The third kappa shape index (κ3) is 3.42. The standard InChI is InChI=1S/C26H40N2O3/c1-24-10-11-26(30,16-31-3)14-18(24)4-5-19-20-6-7-22(25(20,2)9-8-21(19)24)23(29)15-28-13-12-27-17-28/h12-13,17-22,30H,4-11,14-16H2,1-3H3/t18-,19+,20+,21+,22-,24+,25+,26-/m1/s1/i16D2. The Hall–Kier alpha value is -1.20. The maximum absolute atomic E-state index is 13.3. The maximum atomic E-state index is 13.3. The molecule has 0 aromatic carbocycles. The molecule has 4 saturated carbocycles. The molecule has 1 N–H and O–H groups in total. The van der Waals surface area contributed by atoms with Crippen molar-refractivity contribution < 1.29 is 17.4 Å². The molecule has 4 fully saturated rings. The lowest BCUT2D eigenvalue weighted by atomic mass is 9.44. The summed E-state index contributed by atoms with van der Waals surface area (Å²) in [4.78, 5) is 17.4. The molecular formula is C26H40N2O3. The van der Waals surface area contributed by atoms with Crippen LogP contribution < -0.4 is 0 Å². The van der Waals surface area contributed by atoms with Crippen LogP contribution in [0.3, 0.4) is 0 Å². The molecule has 5 rings (SSSR count). The van der Waals surface area contributed by atoms with Gasteiger partial charge in [-0.25, -0.2) is 4.98 Å². The number of methoxy groups -OCH3 is 1. The zero-order valence-corrected chi connectivity index (χ0v) is 19.3. The van der Waals surface area contributed by atoms with Crippen LogP contribution in [0, 0.1) is 40.4 Å². The van der Waals surface area contributed by atoms with E-state index in [0.717, 1.165) is 44.9 Å². The molecule has 1 heterocycles. The van der Waals surface area contributed by atoms with E-state index in [0.29, 0.717) is 48.8 Å². The molecule has 0 amide bonds. The number of hydrogen-bond donors (Lipinski definition) is 1. The van der Waals surface area contributed by atoms with Gasteiger partial charge < -0.3 is 14.4 Å². The smallest absolute Gasteiger partial charge is 0.156 e. The zero-order chi connectivity index (χ0) is 23.6. The van der Waals surface area contributed by atoms with Crippen LogP contribution in [0.15, 0.2) is 18.7 Å². The number of aliphatic hydroxyl groups is 1. The van der Waals surface area contributed by atoms with E-state index in [1.807, 2.05) is 10.8 Å². The highest BCUT2D eigenvalue weighted by Gasteiger charge is 2.62. The number of nitrogens with zero attached hydrogens (tertiary/aromatic N) is 2. The molecule has 0 bridgehead atoms. The Kier molecular flexibility index (Phi) is 4.78. The predicted molar refractivity (Wildman–Crippen MR) is 119 cm³/mol. The lowest BCUT2D eigenvalue weighted by Crippen LogP contribution is -2.56. The monoisotopic (exact) mass is 430 g/mol. The number of carbonyl (C=O) groups excluding carboxylic acids is 1. The van der Waals surface area contributed by atoms with Gasteiger partial charge in [0.2, 0.25) is 0 Å². The topological polar surface area (TPSA) is 64.3 Å². The fraction of sp³-hybridized carbons (Fsp3) is 0.846. The van der Waals surface area contributed by atoms with Crippen molar-refractivity contribution in [1.82, 2.24) is 9.55 Å². The summed E-state index contributed by atoms with van der Waals surface area (Å²) in [7, 11) is 1.36. The molecule has 8 atom stereocenters. The van der Waals surface area contributed by atoms with Crippen molar-refractivity contribution in [3.8, 4) is 0 Å². The van der Waals surface area contributed by atoms with E-state index in [9.17, 15) is 9.90 Å². The molecule has 0 spiro atoms. The highest BCUT2D eigenvalue weighted by atomic mass is 16.5. The minimum Gasteiger partial charge on any atom is -0.387 e. The van der Waals surface area contributed by atoms with Crippen molar-refractivity contribution in [1.29, 1.82) is 0 Å². The van der Waals surface area contributed by atoms with Gasteiger partial charge in [0.25, 0.3) is 0 Å². The predicted octanol–water partition coefficient (Wildman–Crippen LogP) is 4.49. The maximum Gasteiger partial charge on any atom is 0.156 e. The van der Waals surface area contributed by atoms with Gasteiger partial charge >= 0.3 is 0 Å². The number of carbonyl (C=O) groups is 1. The van der Waals surface area contributed by atoms with E-state index in [1.165, 1.54) is 7.11 Å². The van der Waals surface area contributed by atoms with E-state index < -0.39 is 12.2 Å². The molecule has 4 aliphatic rings. The Morgan fingerprint density at radius 2 is 1.97 bits per heavy atom. The van der Waals surface area contributed by atoms with Crippen molar-refractivity contribution in [2.45, 2.75) is 83.8 Å². The van der Waals surface area contributed by atoms with Crippen LogP contribution in [-0.4, -0.2) is 39.7 Å². The van der Waals surface area contributed by atoms with E-state index >= 15 is 0 Å². The summed E-state index contributed by atoms with van der Waals surface area (Å²) >= 11 is 0. The molecule has 1 aromatic heterocycles. The third-order valence-electron chi connectivity index (χ3n) is 10.3. The number of ether oxygens (including phenoxy) is 1. The van der Waals surface area contributed by atoms with Crippen molar-refractivity contribution >= 4 is 5.78 Å². The molecule has 0 unspecified atom stereocenters. The van der Waals surface area contributed by atoms with Crippen molar-refractivity contribution in [2.24, 2.45) is 40.4 Å². The van der Waals surface area contributed by atoms with Crippen LogP contribution in [0.4, 0.5) is 0 Å². The van der Waals surface area contributed by atoms with Crippen LogP contribution >= 0.6 is 0 Å². The summed E-state index contributed by atoms with van der Waals surface area (Å²) in [5.41, 5.74) is -1.18. The Balaban J connectivity index is 1.34. The van der Waals surface area contributed by atoms with Crippen LogP contribution in [0.2, 0.25) is 0 Å². The third-order valence-corrected chi connectivity index (χ3v) is 10.3. The molecule has 0 radical (unpaired) electrons. The molecule has 4 aliphatic carbocycles. The van der Waals surface area contributed by atoms with E-state index in [2.05, 4.69) is 18.8 Å². The molecule has 0 saturated heterocycles. The van der Waals surface area contributed by atoms with Crippen molar-refractivity contribution in [3.63, 3.8) is 0 Å². The Bertz CT molecular complexity index is 892. The molecule has 5 nitrogen and oxygen atoms in total. The fourth-order valence-corrected chi connectivity index (χ4v) is 8.73. The largest absolute Gasteiger partial charge is 0.387 e. The number of fused-ring (bicyclic) bond motifs is 5. The summed E-state index contributed by atoms with van der Waals surface area (Å²) in [6, 6.07) is 0. The first-order valence-corrected chi connectivity index (χ1v) is 12.3. The molecule has 1 aromatic rings. The molecule has 5 heteroatoms. The average molecular weight is 431 g/mol. The summed E-state index contributed by atoms with van der Waals surface area (Å²) in [6.07, 6.45) is 13.7. The average Bonchev–Trinajstić information content (AvgIpc) is 3.41. The van der Waals surface area contributed by atoms with Gasteiger partial charge in [0.15, 0.2) is 5.78 Å². The van der Waals surface area contributed by atoms with Crippen LogP contribution in [0.1, 0.15) is 74.4 Å². The van der Waals surface area contributed by atoms with Gasteiger partial charge in [0.05, 0.1) is 27.8 Å². The van der Waals surface area contributed by atoms with Gasteiger partial charge in [-0.15, -0.1) is 0 Å². The first-order valence-electron chi connectivity index (χ1n) is 13.3. The summed E-state index contributed by atoms with van der Waals surface area (Å²) < 4.78 is 23.4. The Morgan fingerprint density at radius 1 is 1.16 bits per heavy atom. The second kappa shape index (κ2) is 7.69. The number of imidazole rings is 1. The highest BCUT2D eigenvalue weighted by molar-refractivity contribution is 5.82. The first kappa shape index (κ1) is 19.3. The molecule has 172 valence electrons. The molecule has 0 aliphatic heterocycles. The van der Waals surface area contributed by atoms with Gasteiger partial charge in [-0.2, -0.15) is 0 Å². The minimum atomic E-state index is -2.01. The first-order chi connectivity index (χ1) is 15.5. The van der Waals surface area contributed by atoms with Crippen LogP contribution in [0.5, 0.6) is 0 Å². The fourth-order valence-electron chi connectivity index (χ4n) is 8.73. The number of ketones is 1. The number of aromatic nitrogens is 2. The Morgan fingerprint density at radius 3 is 2.71 bits per heavy atom. The van der Waals surface area contributed by atoms with Gasteiger partial charge in [0.1, 0.15) is 0 Å². The number of hydrogen-bond acceptors (Lipinski definition) is 4. The zero-order valence-electron chi connectivity index (χ0n) is 21.3. The van der Waals surface area contributed by atoms with Gasteiger partial charge in [-0.05, 0) is 92.3 Å². The summed E-state index contributed by atoms with van der Waals surface area (Å²) in [5, 5.41) is 11.2. The van der Waals surface area contributed by atoms with E-state index in [1.54, 1.807) is 12.5 Å². The van der Waals surface area contributed by atoms with Crippen molar-refractivity contribution in [2.75, 3.05) is 13.7 Å². The van der Waals surface area contributed by atoms with Crippen LogP contribution in [-0.2, 0) is 16.1 Å². The Labute approximate surface area is 189 Å². The lowest BCUT2D eigenvalue weighted by Gasteiger charge is -2.62. The molecule has 31 heavy (non-hydrogen) atoms. The summed E-state index contributed by atoms with van der Waals surface area (Å²) in [5.74, 6) is 2.67. The SMILES string of the molecule is [2H]C([2H])(OC)[C@@]1(O)CC[C@@]2(C)[C@H](CC[C@@H]3[C@@H]2CC[C@]2(C)[C@@H](C(=O)Cn4ccnc4)CC[C@@H]32)C1. The van der Waals surface area contributed by atoms with E-state index in [4.69, 9.17) is 7.48 Å². The number of rotatable bonds is 5. The van der Waals surface area contributed by atoms with Crippen molar-refractivity contribution in [3.05, 3.63) is 18.7 Å². The quantitative estimate of drug-likeness (QED) is 0.748. The molecular weight excluding hydrogens is 388 g/mol. The van der Waals surface area contributed by atoms with Gasteiger partial charge in [0, 0.05) is 25.4 Å². The second-order valence-electron chi connectivity index (χ2n) is 11.6. The lowest BCUT2D eigenvalue weighted by molar-refractivity contribution is -0.164. The normalized spacial score (nSPS) is 48.2. The van der Waals surface area contributed by atoms with Crippen LogP contribution in [0.25, 0.3) is 0 Å². The highest BCUT2D eigenvalue weighted by Crippen LogP contribution is 2.68. The van der Waals surface area contributed by atoms with E-state index in [-0.39, 0.29) is 16.7 Å². The minimum absolute atomic E-state index is 0.0883. The van der Waals surface area contributed by atoms with Gasteiger partial charge in [-0.3, -0.25) is 4.79 Å². The summed E-state index contributed by atoms with van der Waals surface area (Å²) in [6.45, 7) is 3.22. The number of Topliss-reactive ketones (excluding diaryl/α,β-unsaturated/α-hetero) is 1. The van der Waals surface area contributed by atoms with Gasteiger partial charge in [-0.1, -0.05) is 13.8 Å².